The molecule has 0 radical (unpaired) electrons. The first-order chi connectivity index (χ1) is 9.38. The Labute approximate surface area is 122 Å². The number of rotatable bonds is 2. The maximum Gasteiger partial charge on any atom is 0.0833 e. The van der Waals surface area contributed by atoms with E-state index in [2.05, 4.69) is 50.4 Å². The Bertz CT molecular complexity index is 455. The Kier molecular flexibility index (Phi) is 3.42. The molecule has 3 rings (SSSR count). The zero-order valence-electron chi connectivity index (χ0n) is 12.9. The molecule has 1 aromatic carbocycles. The molecule has 2 unspecified atom stereocenters. The van der Waals surface area contributed by atoms with Gasteiger partial charge in [-0.05, 0) is 69.4 Å². The second-order valence-corrected chi connectivity index (χ2v) is 7.74. The molecule has 1 saturated carbocycles. The van der Waals surface area contributed by atoms with Crippen molar-refractivity contribution in [3.05, 3.63) is 35.4 Å². The average molecular weight is 273 g/mol. The minimum absolute atomic E-state index is 0.0638. The molecule has 2 aliphatic rings. The van der Waals surface area contributed by atoms with Crippen molar-refractivity contribution in [3.8, 4) is 0 Å². The van der Waals surface area contributed by atoms with Crippen LogP contribution in [0, 0.1) is 11.8 Å². The highest BCUT2D eigenvalue weighted by molar-refractivity contribution is 5.31. The van der Waals surface area contributed by atoms with E-state index in [0.29, 0.717) is 11.8 Å². The fraction of sp³-hybridized carbons (Fsp3) is 0.667. The van der Waals surface area contributed by atoms with Crippen LogP contribution in [0.5, 0.6) is 0 Å². The van der Waals surface area contributed by atoms with Gasteiger partial charge in [0, 0.05) is 12.1 Å². The van der Waals surface area contributed by atoms with Gasteiger partial charge < -0.3 is 10.4 Å². The van der Waals surface area contributed by atoms with Crippen molar-refractivity contribution in [1.82, 2.24) is 5.32 Å². The number of hydrogen-bond acceptors (Lipinski definition) is 2. The molecule has 0 saturated heterocycles. The normalized spacial score (nSPS) is 32.8. The predicted octanol–water partition coefficient (Wildman–Crippen LogP) is 2.93. The van der Waals surface area contributed by atoms with Gasteiger partial charge in [0.15, 0.2) is 0 Å². The summed E-state index contributed by atoms with van der Waals surface area (Å²) < 4.78 is 0. The standard InChI is InChI=1S/C18H27NO/c1-17(2,3)19-12-18(20)15-8-9-16(18)11-14-7-5-4-6-13(14)10-15/h4-7,15-16,19-20H,8-12H2,1-3H3. The van der Waals surface area contributed by atoms with Crippen LogP contribution in [0.3, 0.4) is 0 Å². The Morgan fingerprint density at radius 3 is 2.05 bits per heavy atom. The molecule has 2 heteroatoms. The summed E-state index contributed by atoms with van der Waals surface area (Å²) in [5.41, 5.74) is 2.43. The van der Waals surface area contributed by atoms with E-state index < -0.39 is 5.60 Å². The van der Waals surface area contributed by atoms with Gasteiger partial charge in [0.05, 0.1) is 5.60 Å². The molecule has 0 amide bonds. The minimum Gasteiger partial charge on any atom is -0.388 e. The summed E-state index contributed by atoms with van der Waals surface area (Å²) in [4.78, 5) is 0. The van der Waals surface area contributed by atoms with Crippen molar-refractivity contribution in [2.24, 2.45) is 11.8 Å². The molecule has 2 nitrogen and oxygen atoms in total. The summed E-state index contributed by atoms with van der Waals surface area (Å²) >= 11 is 0. The summed E-state index contributed by atoms with van der Waals surface area (Å²) in [5, 5.41) is 14.9. The van der Waals surface area contributed by atoms with E-state index in [4.69, 9.17) is 0 Å². The molecule has 2 aliphatic carbocycles. The van der Waals surface area contributed by atoms with Crippen molar-refractivity contribution in [2.45, 2.75) is 57.6 Å². The van der Waals surface area contributed by atoms with Gasteiger partial charge in [-0.15, -0.1) is 0 Å². The third kappa shape index (κ3) is 2.51. The van der Waals surface area contributed by atoms with Crippen LogP contribution in [-0.4, -0.2) is 22.8 Å². The lowest BCUT2D eigenvalue weighted by Gasteiger charge is -2.37. The highest BCUT2D eigenvalue weighted by atomic mass is 16.3. The molecule has 0 spiro atoms. The van der Waals surface area contributed by atoms with Crippen molar-refractivity contribution in [1.29, 1.82) is 0 Å². The molecule has 20 heavy (non-hydrogen) atoms. The monoisotopic (exact) mass is 273 g/mol. The number of benzene rings is 1. The summed E-state index contributed by atoms with van der Waals surface area (Å²) in [6.45, 7) is 7.23. The molecule has 0 aliphatic heterocycles. The zero-order valence-corrected chi connectivity index (χ0v) is 12.9. The molecule has 1 aromatic rings. The summed E-state index contributed by atoms with van der Waals surface area (Å²) in [6, 6.07) is 8.75. The minimum atomic E-state index is -0.535. The maximum atomic E-state index is 11.3. The molecule has 2 N–H and O–H groups in total. The molecule has 1 fully saturated rings. The van der Waals surface area contributed by atoms with Crippen LogP contribution in [0.15, 0.2) is 24.3 Å². The van der Waals surface area contributed by atoms with Crippen LogP contribution in [-0.2, 0) is 12.8 Å². The van der Waals surface area contributed by atoms with E-state index in [-0.39, 0.29) is 5.54 Å². The van der Waals surface area contributed by atoms with E-state index in [0.717, 1.165) is 19.4 Å². The van der Waals surface area contributed by atoms with Crippen molar-refractivity contribution in [2.75, 3.05) is 6.54 Å². The molecule has 0 aromatic heterocycles. The van der Waals surface area contributed by atoms with E-state index >= 15 is 0 Å². The first kappa shape index (κ1) is 14.1. The second-order valence-electron chi connectivity index (χ2n) is 7.74. The first-order valence-electron chi connectivity index (χ1n) is 7.93. The Balaban J connectivity index is 1.85. The number of nitrogens with one attached hydrogen (secondary N) is 1. The fourth-order valence-electron chi connectivity index (χ4n) is 3.98. The lowest BCUT2D eigenvalue weighted by Crippen LogP contribution is -2.53. The van der Waals surface area contributed by atoms with Gasteiger partial charge in [0.2, 0.25) is 0 Å². The van der Waals surface area contributed by atoms with Gasteiger partial charge in [0.25, 0.3) is 0 Å². The molecular weight excluding hydrogens is 246 g/mol. The van der Waals surface area contributed by atoms with Crippen LogP contribution in [0.4, 0.5) is 0 Å². The third-order valence-corrected chi connectivity index (χ3v) is 5.23. The third-order valence-electron chi connectivity index (χ3n) is 5.23. The van der Waals surface area contributed by atoms with Crippen LogP contribution >= 0.6 is 0 Å². The van der Waals surface area contributed by atoms with E-state index in [1.54, 1.807) is 0 Å². The van der Waals surface area contributed by atoms with Crippen molar-refractivity contribution in [3.63, 3.8) is 0 Å². The molecule has 2 atom stereocenters. The first-order valence-corrected chi connectivity index (χ1v) is 7.93. The lowest BCUT2D eigenvalue weighted by atomic mass is 9.82. The SMILES string of the molecule is CC(C)(C)NCC1(O)C2CCC1Cc1ccccc1C2. The quantitative estimate of drug-likeness (QED) is 0.868. The summed E-state index contributed by atoms with van der Waals surface area (Å²) in [5.74, 6) is 0.817. The topological polar surface area (TPSA) is 32.3 Å². The summed E-state index contributed by atoms with van der Waals surface area (Å²) in [6.07, 6.45) is 4.41. The van der Waals surface area contributed by atoms with Crippen molar-refractivity contribution >= 4 is 0 Å². The second kappa shape index (κ2) is 4.85. The smallest absolute Gasteiger partial charge is 0.0833 e. The highest BCUT2D eigenvalue weighted by Crippen LogP contribution is 2.47. The van der Waals surface area contributed by atoms with Crippen LogP contribution in [0.25, 0.3) is 0 Å². The zero-order chi connectivity index (χ0) is 14.4. The summed E-state index contributed by atoms with van der Waals surface area (Å²) in [7, 11) is 0. The molecule has 2 bridgehead atoms. The number of fused-ring (bicyclic) bond motifs is 3. The molecule has 0 heterocycles. The van der Waals surface area contributed by atoms with Gasteiger partial charge in [0.1, 0.15) is 0 Å². The van der Waals surface area contributed by atoms with E-state index in [1.165, 1.54) is 24.0 Å². The average Bonchev–Trinajstić information content (AvgIpc) is 2.59. The lowest BCUT2D eigenvalue weighted by molar-refractivity contribution is -0.0360. The van der Waals surface area contributed by atoms with Crippen LogP contribution in [0.1, 0.15) is 44.7 Å². The van der Waals surface area contributed by atoms with E-state index in [1.807, 2.05) is 0 Å². The van der Waals surface area contributed by atoms with Gasteiger partial charge >= 0.3 is 0 Å². The number of hydrogen-bond donors (Lipinski definition) is 2. The maximum absolute atomic E-state index is 11.3. The van der Waals surface area contributed by atoms with Gasteiger partial charge in [-0.3, -0.25) is 0 Å². The Morgan fingerprint density at radius 1 is 1.10 bits per heavy atom. The number of aliphatic hydroxyl groups is 1. The molecular formula is C18H27NO. The fourth-order valence-corrected chi connectivity index (χ4v) is 3.98. The highest BCUT2D eigenvalue weighted by Gasteiger charge is 2.50. The Morgan fingerprint density at radius 2 is 1.60 bits per heavy atom. The van der Waals surface area contributed by atoms with E-state index in [9.17, 15) is 5.11 Å². The number of β-amino-alcohol motifs (C(OH)–C–C–N with tert-alkyl or cyclic N) is 1. The van der Waals surface area contributed by atoms with Crippen molar-refractivity contribution < 1.29 is 5.11 Å². The van der Waals surface area contributed by atoms with Crippen LogP contribution < -0.4 is 5.32 Å². The van der Waals surface area contributed by atoms with Gasteiger partial charge in [-0.25, -0.2) is 0 Å². The largest absolute Gasteiger partial charge is 0.388 e. The van der Waals surface area contributed by atoms with Gasteiger partial charge in [-0.2, -0.15) is 0 Å². The molecule has 110 valence electrons. The van der Waals surface area contributed by atoms with Gasteiger partial charge in [-0.1, -0.05) is 24.3 Å². The predicted molar refractivity (Wildman–Crippen MR) is 82.8 cm³/mol. The van der Waals surface area contributed by atoms with Crippen LogP contribution in [0.2, 0.25) is 0 Å². The Hall–Kier alpha value is -0.860.